The van der Waals surface area contributed by atoms with Crippen molar-refractivity contribution in [2.45, 2.75) is 43.4 Å². The molecule has 7 N–H and O–H groups in total. The van der Waals surface area contributed by atoms with Gasteiger partial charge in [0.1, 0.15) is 24.4 Å². The second-order valence-corrected chi connectivity index (χ2v) is 5.56. The second-order valence-electron chi connectivity index (χ2n) is 5.56. The lowest BCUT2D eigenvalue weighted by Crippen LogP contribution is -2.35. The summed E-state index contributed by atoms with van der Waals surface area (Å²) in [4.78, 5) is 8.00. The predicted molar refractivity (Wildman–Crippen MR) is 84.3 cm³/mol. The Kier molecular flexibility index (Phi) is 9.93. The Morgan fingerprint density at radius 2 is 1.60 bits per heavy atom. The van der Waals surface area contributed by atoms with E-state index in [4.69, 9.17) is 20.1 Å². The molecule has 0 amide bonds. The Bertz CT molecular complexity index is 475. The lowest BCUT2D eigenvalue weighted by Gasteiger charge is -2.22. The third-order valence-electron chi connectivity index (χ3n) is 3.59. The van der Waals surface area contributed by atoms with E-state index < -0.39 is 43.7 Å². The quantitative estimate of drug-likeness (QED) is 0.188. The van der Waals surface area contributed by atoms with Gasteiger partial charge in [0.25, 0.3) is 0 Å². The molecule has 1 aromatic heterocycles. The molecule has 0 unspecified atom stereocenters. The van der Waals surface area contributed by atoms with Crippen LogP contribution in [-0.2, 0) is 11.2 Å². The van der Waals surface area contributed by atoms with Crippen LogP contribution in [-0.4, -0.2) is 96.6 Å². The Morgan fingerprint density at radius 3 is 2.12 bits per heavy atom. The van der Waals surface area contributed by atoms with Crippen molar-refractivity contribution in [3.63, 3.8) is 0 Å². The fraction of sp³-hybridized carbons (Fsp3) is 0.733. The van der Waals surface area contributed by atoms with Crippen LogP contribution in [0, 0.1) is 0 Å². The highest BCUT2D eigenvalue weighted by molar-refractivity contribution is 5.08. The summed E-state index contributed by atoms with van der Waals surface area (Å²) < 4.78 is 5.41. The third-order valence-corrected chi connectivity index (χ3v) is 3.59. The fourth-order valence-electron chi connectivity index (χ4n) is 2.05. The summed E-state index contributed by atoms with van der Waals surface area (Å²) in [5, 5.41) is 65.2. The summed E-state index contributed by atoms with van der Waals surface area (Å²) in [6.45, 7) is -1.07. The van der Waals surface area contributed by atoms with Gasteiger partial charge in [0.2, 0.25) is 0 Å². The standard InChI is InChI=1S/C15H26N2O8/c18-2-1-3-25-13(11(21)7-19)4-9-5-17-10(6-16-9)14(23)15(24)12(22)8-20/h5-6,11-15,18-24H,1-4,7-8H2/t11-,12-,13-,14-,15-/m1/s1. The van der Waals surface area contributed by atoms with Gasteiger partial charge in [0, 0.05) is 25.8 Å². The molecule has 1 aromatic rings. The minimum absolute atomic E-state index is 0.00389. The van der Waals surface area contributed by atoms with Crippen LogP contribution in [0.1, 0.15) is 23.9 Å². The first-order valence-corrected chi connectivity index (χ1v) is 7.91. The maximum atomic E-state index is 9.89. The molecule has 0 aromatic carbocycles. The highest BCUT2D eigenvalue weighted by atomic mass is 16.5. The molecule has 0 saturated carbocycles. The molecule has 0 saturated heterocycles. The summed E-state index contributed by atoms with van der Waals surface area (Å²) in [5.74, 6) is 0. The zero-order valence-electron chi connectivity index (χ0n) is 13.7. The smallest absolute Gasteiger partial charge is 0.126 e. The summed E-state index contributed by atoms with van der Waals surface area (Å²) in [7, 11) is 0. The van der Waals surface area contributed by atoms with E-state index in [-0.39, 0.29) is 25.3 Å². The minimum atomic E-state index is -1.61. The van der Waals surface area contributed by atoms with Gasteiger partial charge in [-0.15, -0.1) is 0 Å². The molecule has 0 spiro atoms. The second kappa shape index (κ2) is 11.4. The van der Waals surface area contributed by atoms with E-state index in [0.29, 0.717) is 12.1 Å². The highest BCUT2D eigenvalue weighted by Crippen LogP contribution is 2.17. The van der Waals surface area contributed by atoms with E-state index in [1.165, 1.54) is 12.4 Å². The van der Waals surface area contributed by atoms with E-state index in [1.54, 1.807) is 0 Å². The number of hydrogen-bond acceptors (Lipinski definition) is 10. The van der Waals surface area contributed by atoms with Gasteiger partial charge in [0.15, 0.2) is 0 Å². The monoisotopic (exact) mass is 362 g/mol. The molecule has 0 radical (unpaired) electrons. The van der Waals surface area contributed by atoms with Crippen molar-refractivity contribution in [2.24, 2.45) is 0 Å². The Morgan fingerprint density at radius 1 is 0.920 bits per heavy atom. The Hall–Kier alpha value is -1.24. The van der Waals surface area contributed by atoms with Crippen LogP contribution >= 0.6 is 0 Å². The largest absolute Gasteiger partial charge is 0.396 e. The van der Waals surface area contributed by atoms with Gasteiger partial charge < -0.3 is 40.5 Å². The highest BCUT2D eigenvalue weighted by Gasteiger charge is 2.27. The normalized spacial score (nSPS) is 17.7. The molecule has 0 bridgehead atoms. The van der Waals surface area contributed by atoms with E-state index in [2.05, 4.69) is 9.97 Å². The van der Waals surface area contributed by atoms with E-state index in [1.807, 2.05) is 0 Å². The zero-order valence-corrected chi connectivity index (χ0v) is 13.7. The molecule has 1 rings (SSSR count). The lowest BCUT2D eigenvalue weighted by atomic mass is 10.1. The van der Waals surface area contributed by atoms with Crippen molar-refractivity contribution in [3.05, 3.63) is 23.8 Å². The topological polar surface area (TPSA) is 177 Å². The number of aliphatic hydroxyl groups excluding tert-OH is 7. The van der Waals surface area contributed by atoms with Gasteiger partial charge in [-0.25, -0.2) is 0 Å². The van der Waals surface area contributed by atoms with Crippen LogP contribution in [0.15, 0.2) is 12.4 Å². The van der Waals surface area contributed by atoms with Crippen LogP contribution in [0.4, 0.5) is 0 Å². The van der Waals surface area contributed by atoms with Crippen LogP contribution in [0.25, 0.3) is 0 Å². The Labute approximate surface area is 145 Å². The number of rotatable bonds is 12. The number of aromatic nitrogens is 2. The first kappa shape index (κ1) is 21.8. The van der Waals surface area contributed by atoms with Gasteiger partial charge in [-0.3, -0.25) is 9.97 Å². The van der Waals surface area contributed by atoms with Crippen LogP contribution in [0.3, 0.4) is 0 Å². The molecule has 0 aliphatic carbocycles. The predicted octanol–water partition coefficient (Wildman–Crippen LogP) is -3.11. The first-order chi connectivity index (χ1) is 11.9. The SMILES string of the molecule is OCCCO[C@H](Cc1cnc([C@@H](O)[C@H](O)[C@H](O)CO)cn1)[C@H](O)CO. The maximum Gasteiger partial charge on any atom is 0.126 e. The summed E-state index contributed by atoms with van der Waals surface area (Å²) >= 11 is 0. The number of hydrogen-bond donors (Lipinski definition) is 7. The van der Waals surface area contributed by atoms with Crippen LogP contribution in [0.5, 0.6) is 0 Å². The summed E-state index contributed by atoms with van der Waals surface area (Å²) in [6.07, 6.45) is -3.50. The van der Waals surface area contributed by atoms with Gasteiger partial charge in [-0.1, -0.05) is 0 Å². The van der Waals surface area contributed by atoms with Gasteiger partial charge >= 0.3 is 0 Å². The molecule has 0 aliphatic rings. The van der Waals surface area contributed by atoms with Gasteiger partial charge in [-0.05, 0) is 6.42 Å². The lowest BCUT2D eigenvalue weighted by molar-refractivity contribution is -0.0791. The van der Waals surface area contributed by atoms with E-state index in [9.17, 15) is 20.4 Å². The molecular formula is C15H26N2O8. The van der Waals surface area contributed by atoms with Crippen molar-refractivity contribution in [1.82, 2.24) is 9.97 Å². The number of nitrogens with zero attached hydrogens (tertiary/aromatic N) is 2. The van der Waals surface area contributed by atoms with E-state index >= 15 is 0 Å². The van der Waals surface area contributed by atoms with Crippen molar-refractivity contribution in [1.29, 1.82) is 0 Å². The molecule has 0 fully saturated rings. The van der Waals surface area contributed by atoms with Crippen molar-refractivity contribution < 1.29 is 40.5 Å². The zero-order chi connectivity index (χ0) is 18.8. The minimum Gasteiger partial charge on any atom is -0.396 e. The van der Waals surface area contributed by atoms with Crippen molar-refractivity contribution in [3.8, 4) is 0 Å². The average molecular weight is 362 g/mol. The molecule has 10 nitrogen and oxygen atoms in total. The van der Waals surface area contributed by atoms with Crippen LogP contribution < -0.4 is 0 Å². The molecule has 25 heavy (non-hydrogen) atoms. The Balaban J connectivity index is 2.72. The third kappa shape index (κ3) is 6.88. The van der Waals surface area contributed by atoms with Crippen molar-refractivity contribution >= 4 is 0 Å². The summed E-state index contributed by atoms with van der Waals surface area (Å²) in [6, 6.07) is 0. The van der Waals surface area contributed by atoms with Crippen molar-refractivity contribution in [2.75, 3.05) is 26.4 Å². The number of aliphatic hydroxyl groups is 7. The summed E-state index contributed by atoms with van der Waals surface area (Å²) in [5.41, 5.74) is 0.416. The van der Waals surface area contributed by atoms with E-state index in [0.717, 1.165) is 0 Å². The molecule has 0 aliphatic heterocycles. The first-order valence-electron chi connectivity index (χ1n) is 7.91. The molecule has 5 atom stereocenters. The van der Waals surface area contributed by atoms with Crippen LogP contribution in [0.2, 0.25) is 0 Å². The number of ether oxygens (including phenoxy) is 1. The molecular weight excluding hydrogens is 336 g/mol. The van der Waals surface area contributed by atoms with Gasteiger partial charge in [0.05, 0.1) is 36.9 Å². The molecule has 10 heteroatoms. The maximum absolute atomic E-state index is 9.89. The molecule has 144 valence electrons. The molecule has 1 heterocycles. The average Bonchev–Trinajstić information content (AvgIpc) is 2.65. The van der Waals surface area contributed by atoms with Gasteiger partial charge in [-0.2, -0.15) is 0 Å². The fourth-order valence-corrected chi connectivity index (χ4v) is 2.05.